The third-order valence-electron chi connectivity index (χ3n) is 2.98. The normalized spacial score (nSPS) is 15.8. The fourth-order valence-corrected chi connectivity index (χ4v) is 3.66. The molecule has 98 valence electrons. The van der Waals surface area contributed by atoms with E-state index in [2.05, 4.69) is 9.97 Å². The fourth-order valence-electron chi connectivity index (χ4n) is 2.03. The minimum absolute atomic E-state index is 0.110. The predicted octanol–water partition coefficient (Wildman–Crippen LogP) is 2.60. The molecule has 0 aliphatic carbocycles. The SMILES string of the molecule is CN1c2cc(Cl)ccc2-c2[nH]c(=S)ncc2S1(=O)=O. The number of nitrogens with one attached hydrogen (secondary N) is 1. The van der Waals surface area contributed by atoms with Crippen molar-refractivity contribution in [1.82, 2.24) is 9.97 Å². The lowest BCUT2D eigenvalue weighted by molar-refractivity contribution is 0.593. The molecule has 0 unspecified atom stereocenters. The molecule has 1 aromatic carbocycles. The van der Waals surface area contributed by atoms with E-state index in [1.54, 1.807) is 18.2 Å². The molecule has 1 N–H and O–H groups in total. The summed E-state index contributed by atoms with van der Waals surface area (Å²) in [6.07, 6.45) is 1.28. The Balaban J connectivity index is 2.48. The number of H-pyrrole nitrogens is 1. The van der Waals surface area contributed by atoms with Gasteiger partial charge in [0.15, 0.2) is 4.77 Å². The van der Waals surface area contributed by atoms with Crippen LogP contribution in [0.25, 0.3) is 11.3 Å². The average molecular weight is 314 g/mol. The summed E-state index contributed by atoms with van der Waals surface area (Å²) in [7, 11) is -2.15. The quantitative estimate of drug-likeness (QED) is 0.759. The zero-order valence-electron chi connectivity index (χ0n) is 9.71. The van der Waals surface area contributed by atoms with Crippen molar-refractivity contribution in [3.05, 3.63) is 34.2 Å². The number of benzene rings is 1. The van der Waals surface area contributed by atoms with Crippen molar-refractivity contribution >= 4 is 39.5 Å². The molecule has 0 saturated heterocycles. The molecule has 2 aromatic rings. The van der Waals surface area contributed by atoms with Gasteiger partial charge in [-0.1, -0.05) is 11.6 Å². The van der Waals surface area contributed by atoms with Crippen LogP contribution in [0.1, 0.15) is 0 Å². The minimum Gasteiger partial charge on any atom is -0.329 e. The summed E-state index contributed by atoms with van der Waals surface area (Å²) in [5, 5.41) is 0.469. The van der Waals surface area contributed by atoms with E-state index in [0.717, 1.165) is 5.56 Å². The van der Waals surface area contributed by atoms with E-state index >= 15 is 0 Å². The van der Waals surface area contributed by atoms with Crippen molar-refractivity contribution in [2.75, 3.05) is 11.4 Å². The van der Waals surface area contributed by atoms with Gasteiger partial charge in [0.05, 0.1) is 17.6 Å². The highest BCUT2D eigenvalue weighted by atomic mass is 35.5. The van der Waals surface area contributed by atoms with E-state index in [9.17, 15) is 8.42 Å². The van der Waals surface area contributed by atoms with Gasteiger partial charge in [-0.25, -0.2) is 13.4 Å². The topological polar surface area (TPSA) is 66.1 Å². The van der Waals surface area contributed by atoms with Gasteiger partial charge in [0.2, 0.25) is 0 Å². The molecular weight excluding hydrogens is 306 g/mol. The van der Waals surface area contributed by atoms with Crippen LogP contribution < -0.4 is 4.31 Å². The molecule has 0 amide bonds. The Bertz CT molecular complexity index is 845. The van der Waals surface area contributed by atoms with E-state index in [1.165, 1.54) is 17.5 Å². The third-order valence-corrected chi connectivity index (χ3v) is 5.21. The Kier molecular flexibility index (Phi) is 2.67. The van der Waals surface area contributed by atoms with Crippen molar-refractivity contribution in [3.8, 4) is 11.3 Å². The molecule has 0 atom stereocenters. The second-order valence-electron chi connectivity index (χ2n) is 4.06. The molecule has 2 heterocycles. The first-order valence-electron chi connectivity index (χ1n) is 5.29. The Morgan fingerprint density at radius 2 is 2.16 bits per heavy atom. The van der Waals surface area contributed by atoms with E-state index in [-0.39, 0.29) is 9.67 Å². The van der Waals surface area contributed by atoms with Gasteiger partial charge in [-0.2, -0.15) is 0 Å². The zero-order valence-corrected chi connectivity index (χ0v) is 12.1. The van der Waals surface area contributed by atoms with Crippen LogP contribution >= 0.6 is 23.8 Å². The van der Waals surface area contributed by atoms with E-state index < -0.39 is 10.0 Å². The molecule has 0 fully saturated rings. The highest BCUT2D eigenvalue weighted by Crippen LogP contribution is 2.41. The molecule has 1 aliphatic heterocycles. The summed E-state index contributed by atoms with van der Waals surface area (Å²) in [6, 6.07) is 5.06. The number of aromatic amines is 1. The number of fused-ring (bicyclic) bond motifs is 3. The van der Waals surface area contributed by atoms with Gasteiger partial charge in [-0.05, 0) is 30.4 Å². The lowest BCUT2D eigenvalue weighted by Crippen LogP contribution is -2.31. The summed E-state index contributed by atoms with van der Waals surface area (Å²) < 4.78 is 26.2. The second kappa shape index (κ2) is 4.03. The van der Waals surface area contributed by atoms with Crippen LogP contribution in [0.5, 0.6) is 0 Å². The number of halogens is 1. The lowest BCUT2D eigenvalue weighted by Gasteiger charge is -2.28. The van der Waals surface area contributed by atoms with Crippen LogP contribution in [-0.4, -0.2) is 25.4 Å². The van der Waals surface area contributed by atoms with Gasteiger partial charge >= 0.3 is 0 Å². The maximum atomic E-state index is 12.4. The van der Waals surface area contributed by atoms with E-state index in [4.69, 9.17) is 23.8 Å². The summed E-state index contributed by atoms with van der Waals surface area (Å²) in [4.78, 5) is 6.78. The Hall–Kier alpha value is -1.44. The minimum atomic E-state index is -3.63. The fraction of sp³-hybridized carbons (Fsp3) is 0.0909. The Labute approximate surface area is 119 Å². The molecule has 1 aliphatic rings. The Morgan fingerprint density at radius 3 is 2.89 bits per heavy atom. The molecule has 19 heavy (non-hydrogen) atoms. The van der Waals surface area contributed by atoms with Gasteiger partial charge in [0.1, 0.15) is 4.90 Å². The summed E-state index contributed by atoms with van der Waals surface area (Å²) >= 11 is 10.9. The molecule has 0 spiro atoms. The maximum absolute atomic E-state index is 12.4. The van der Waals surface area contributed by atoms with Gasteiger partial charge in [0.25, 0.3) is 10.0 Å². The van der Waals surface area contributed by atoms with Crippen LogP contribution in [0.4, 0.5) is 5.69 Å². The lowest BCUT2D eigenvalue weighted by atomic mass is 10.1. The number of hydrogen-bond acceptors (Lipinski definition) is 4. The van der Waals surface area contributed by atoms with Gasteiger partial charge < -0.3 is 4.98 Å². The van der Waals surface area contributed by atoms with Crippen LogP contribution in [0, 0.1) is 4.77 Å². The van der Waals surface area contributed by atoms with E-state index in [0.29, 0.717) is 16.4 Å². The average Bonchev–Trinajstić information content (AvgIpc) is 2.36. The van der Waals surface area contributed by atoms with Crippen molar-refractivity contribution in [3.63, 3.8) is 0 Å². The molecule has 5 nitrogen and oxygen atoms in total. The first kappa shape index (κ1) is 12.6. The smallest absolute Gasteiger partial charge is 0.267 e. The van der Waals surface area contributed by atoms with Crippen molar-refractivity contribution in [1.29, 1.82) is 0 Å². The number of aromatic nitrogens is 2. The van der Waals surface area contributed by atoms with Gasteiger partial charge in [-0.15, -0.1) is 0 Å². The van der Waals surface area contributed by atoms with E-state index in [1.807, 2.05) is 0 Å². The van der Waals surface area contributed by atoms with Crippen LogP contribution in [0.2, 0.25) is 5.02 Å². The van der Waals surface area contributed by atoms with Gasteiger partial charge in [-0.3, -0.25) is 4.31 Å². The predicted molar refractivity (Wildman–Crippen MR) is 75.5 cm³/mol. The monoisotopic (exact) mass is 313 g/mol. The highest BCUT2D eigenvalue weighted by molar-refractivity contribution is 7.93. The van der Waals surface area contributed by atoms with Crippen LogP contribution in [0.15, 0.2) is 29.3 Å². The molecule has 8 heteroatoms. The number of sulfonamides is 1. The van der Waals surface area contributed by atoms with Gasteiger partial charge in [0, 0.05) is 17.6 Å². The summed E-state index contributed by atoms with van der Waals surface area (Å²) in [6.45, 7) is 0. The number of hydrogen-bond donors (Lipinski definition) is 1. The maximum Gasteiger partial charge on any atom is 0.267 e. The first-order chi connectivity index (χ1) is 8.91. The summed E-state index contributed by atoms with van der Waals surface area (Å²) in [5.41, 5.74) is 1.69. The molecule has 0 radical (unpaired) electrons. The van der Waals surface area contributed by atoms with Crippen molar-refractivity contribution < 1.29 is 8.42 Å². The first-order valence-corrected chi connectivity index (χ1v) is 7.52. The van der Waals surface area contributed by atoms with Crippen LogP contribution in [0.3, 0.4) is 0 Å². The standard InChI is InChI=1S/C11H8ClN3O2S2/c1-15-8-4-6(12)2-3-7(8)10-9(19(15,16)17)5-13-11(18)14-10/h2-5H,1H3,(H,13,14,18). The Morgan fingerprint density at radius 1 is 1.42 bits per heavy atom. The largest absolute Gasteiger partial charge is 0.329 e. The third kappa shape index (κ3) is 1.77. The van der Waals surface area contributed by atoms with Crippen molar-refractivity contribution in [2.24, 2.45) is 0 Å². The molecule has 0 saturated carbocycles. The van der Waals surface area contributed by atoms with Crippen LogP contribution in [-0.2, 0) is 10.0 Å². The second-order valence-corrected chi connectivity index (χ2v) is 6.82. The molecule has 0 bridgehead atoms. The zero-order chi connectivity index (χ0) is 13.8. The highest BCUT2D eigenvalue weighted by Gasteiger charge is 2.33. The molecule has 3 rings (SSSR count). The number of anilines is 1. The number of nitrogens with zero attached hydrogens (tertiary/aromatic N) is 2. The number of rotatable bonds is 0. The van der Waals surface area contributed by atoms with Crippen molar-refractivity contribution in [2.45, 2.75) is 4.90 Å². The molecular formula is C11H8ClN3O2S2. The molecule has 1 aromatic heterocycles. The summed E-state index contributed by atoms with van der Waals surface area (Å²) in [5.74, 6) is 0.